The molecule has 0 radical (unpaired) electrons. The van der Waals surface area contributed by atoms with Crippen LogP contribution in [0.5, 0.6) is 5.75 Å². The van der Waals surface area contributed by atoms with Crippen LogP contribution in [0, 0.1) is 5.82 Å². The van der Waals surface area contributed by atoms with Crippen LogP contribution in [0.1, 0.15) is 15.9 Å². The van der Waals surface area contributed by atoms with E-state index in [2.05, 4.69) is 0 Å². The number of carbonyl (C=O) groups is 1. The monoisotopic (exact) mass is 230 g/mol. The number of hydrogen-bond donors (Lipinski definition) is 0. The number of rotatable bonds is 4. The molecule has 3 heteroatoms. The summed E-state index contributed by atoms with van der Waals surface area (Å²) in [6.07, 6.45) is 0.719. The topological polar surface area (TPSA) is 26.3 Å². The molecular formula is C14H11FO2. The number of halogens is 1. The van der Waals surface area contributed by atoms with Crippen LogP contribution in [-0.4, -0.2) is 6.29 Å². The zero-order valence-electron chi connectivity index (χ0n) is 9.10. The minimum atomic E-state index is -0.309. The van der Waals surface area contributed by atoms with Crippen molar-refractivity contribution in [3.05, 3.63) is 65.5 Å². The molecule has 0 spiro atoms. The Balaban J connectivity index is 2.13. The summed E-state index contributed by atoms with van der Waals surface area (Å²) in [6, 6.07) is 13.3. The van der Waals surface area contributed by atoms with Crippen LogP contribution in [0.3, 0.4) is 0 Å². The first-order chi connectivity index (χ1) is 8.31. The second-order valence-electron chi connectivity index (χ2n) is 3.54. The van der Waals surface area contributed by atoms with Gasteiger partial charge in [-0.3, -0.25) is 4.79 Å². The predicted molar refractivity (Wildman–Crippen MR) is 62.6 cm³/mol. The maximum Gasteiger partial charge on any atom is 0.153 e. The minimum Gasteiger partial charge on any atom is -0.488 e. The predicted octanol–water partition coefficient (Wildman–Crippen LogP) is 3.22. The molecule has 2 rings (SSSR count). The maximum atomic E-state index is 13.3. The minimum absolute atomic E-state index is 0.109. The molecule has 0 atom stereocenters. The normalized spacial score (nSPS) is 9.94. The Bertz CT molecular complexity index is 523. The molecule has 0 fully saturated rings. The number of carbonyl (C=O) groups excluding carboxylic acids is 1. The SMILES string of the molecule is O=Cc1ccccc1OCc1ccccc1F. The van der Waals surface area contributed by atoms with E-state index in [9.17, 15) is 9.18 Å². The fraction of sp³-hybridized carbons (Fsp3) is 0.0714. The van der Waals surface area contributed by atoms with Crippen molar-refractivity contribution in [1.29, 1.82) is 0 Å². The van der Waals surface area contributed by atoms with Crippen molar-refractivity contribution < 1.29 is 13.9 Å². The summed E-state index contributed by atoms with van der Waals surface area (Å²) in [5.74, 6) is 0.154. The van der Waals surface area contributed by atoms with E-state index in [1.165, 1.54) is 6.07 Å². The first kappa shape index (κ1) is 11.3. The first-order valence-electron chi connectivity index (χ1n) is 5.21. The Labute approximate surface area is 98.7 Å². The summed E-state index contributed by atoms with van der Waals surface area (Å²) in [5, 5.41) is 0. The smallest absolute Gasteiger partial charge is 0.153 e. The Morgan fingerprint density at radius 2 is 1.76 bits per heavy atom. The lowest BCUT2D eigenvalue weighted by Gasteiger charge is -2.08. The van der Waals surface area contributed by atoms with E-state index in [4.69, 9.17) is 4.74 Å². The molecular weight excluding hydrogens is 219 g/mol. The van der Waals surface area contributed by atoms with Crippen LogP contribution in [0.15, 0.2) is 48.5 Å². The summed E-state index contributed by atoms with van der Waals surface area (Å²) in [4.78, 5) is 10.8. The molecule has 0 saturated heterocycles. The van der Waals surface area contributed by atoms with Crippen molar-refractivity contribution in [2.45, 2.75) is 6.61 Å². The van der Waals surface area contributed by atoms with Gasteiger partial charge in [0.2, 0.25) is 0 Å². The highest BCUT2D eigenvalue weighted by Gasteiger charge is 2.04. The van der Waals surface area contributed by atoms with Crippen molar-refractivity contribution in [2.24, 2.45) is 0 Å². The molecule has 0 unspecified atom stereocenters. The van der Waals surface area contributed by atoms with E-state index in [1.807, 2.05) is 0 Å². The van der Waals surface area contributed by atoms with E-state index < -0.39 is 0 Å². The third-order valence-electron chi connectivity index (χ3n) is 2.39. The molecule has 0 aliphatic carbocycles. The standard InChI is InChI=1S/C14H11FO2/c15-13-7-3-1-6-12(13)10-17-14-8-4-2-5-11(14)9-16/h1-9H,10H2. The van der Waals surface area contributed by atoms with Gasteiger partial charge in [0, 0.05) is 5.56 Å². The third-order valence-corrected chi connectivity index (χ3v) is 2.39. The first-order valence-corrected chi connectivity index (χ1v) is 5.21. The molecule has 0 aromatic heterocycles. The van der Waals surface area contributed by atoms with E-state index in [0.29, 0.717) is 16.9 Å². The third kappa shape index (κ3) is 2.69. The molecule has 0 aliphatic heterocycles. The van der Waals surface area contributed by atoms with Crippen LogP contribution in [0.4, 0.5) is 4.39 Å². The van der Waals surface area contributed by atoms with Crippen molar-refractivity contribution in [2.75, 3.05) is 0 Å². The van der Waals surface area contributed by atoms with Gasteiger partial charge in [-0.15, -0.1) is 0 Å². The van der Waals surface area contributed by atoms with Crippen LogP contribution < -0.4 is 4.74 Å². The average molecular weight is 230 g/mol. The van der Waals surface area contributed by atoms with E-state index in [0.717, 1.165) is 6.29 Å². The van der Waals surface area contributed by atoms with Crippen molar-refractivity contribution in [1.82, 2.24) is 0 Å². The number of hydrogen-bond acceptors (Lipinski definition) is 2. The highest BCUT2D eigenvalue weighted by molar-refractivity contribution is 5.79. The summed E-state index contributed by atoms with van der Waals surface area (Å²) in [5.41, 5.74) is 0.928. The van der Waals surface area contributed by atoms with Gasteiger partial charge >= 0.3 is 0 Å². The molecule has 2 nitrogen and oxygen atoms in total. The lowest BCUT2D eigenvalue weighted by atomic mass is 10.2. The molecule has 86 valence electrons. The van der Waals surface area contributed by atoms with E-state index >= 15 is 0 Å². The zero-order chi connectivity index (χ0) is 12.1. The Morgan fingerprint density at radius 3 is 2.53 bits per heavy atom. The van der Waals surface area contributed by atoms with Crippen molar-refractivity contribution >= 4 is 6.29 Å². The summed E-state index contributed by atoms with van der Waals surface area (Å²) >= 11 is 0. The summed E-state index contributed by atoms with van der Waals surface area (Å²) in [7, 11) is 0. The van der Waals surface area contributed by atoms with E-state index in [1.54, 1.807) is 42.5 Å². The molecule has 2 aromatic carbocycles. The molecule has 0 N–H and O–H groups in total. The van der Waals surface area contributed by atoms with Gasteiger partial charge in [-0.1, -0.05) is 30.3 Å². The molecule has 17 heavy (non-hydrogen) atoms. The average Bonchev–Trinajstić information content (AvgIpc) is 2.38. The van der Waals surface area contributed by atoms with Gasteiger partial charge in [-0.05, 0) is 18.2 Å². The van der Waals surface area contributed by atoms with Gasteiger partial charge in [-0.2, -0.15) is 0 Å². The van der Waals surface area contributed by atoms with Crippen LogP contribution >= 0.6 is 0 Å². The Kier molecular flexibility index (Phi) is 3.50. The Hall–Kier alpha value is -2.16. The van der Waals surface area contributed by atoms with Crippen LogP contribution in [0.2, 0.25) is 0 Å². The molecule has 2 aromatic rings. The van der Waals surface area contributed by atoms with Crippen LogP contribution in [-0.2, 0) is 6.61 Å². The zero-order valence-corrected chi connectivity index (χ0v) is 9.10. The van der Waals surface area contributed by atoms with Gasteiger partial charge in [0.05, 0.1) is 5.56 Å². The number of aldehydes is 1. The molecule has 0 saturated carbocycles. The molecule has 0 aliphatic rings. The van der Waals surface area contributed by atoms with Crippen molar-refractivity contribution in [3.63, 3.8) is 0 Å². The summed E-state index contributed by atoms with van der Waals surface area (Å²) < 4.78 is 18.7. The number of ether oxygens (including phenoxy) is 1. The lowest BCUT2D eigenvalue weighted by molar-refractivity contribution is 0.111. The second kappa shape index (κ2) is 5.25. The molecule has 0 amide bonds. The highest BCUT2D eigenvalue weighted by atomic mass is 19.1. The highest BCUT2D eigenvalue weighted by Crippen LogP contribution is 2.18. The van der Waals surface area contributed by atoms with Gasteiger partial charge in [0.15, 0.2) is 6.29 Å². The van der Waals surface area contributed by atoms with Crippen LogP contribution in [0.25, 0.3) is 0 Å². The van der Waals surface area contributed by atoms with Gasteiger partial charge in [0.1, 0.15) is 18.2 Å². The Morgan fingerprint density at radius 1 is 1.06 bits per heavy atom. The molecule has 0 heterocycles. The number of para-hydroxylation sites is 1. The molecule has 0 bridgehead atoms. The largest absolute Gasteiger partial charge is 0.488 e. The van der Waals surface area contributed by atoms with Crippen molar-refractivity contribution in [3.8, 4) is 5.75 Å². The second-order valence-corrected chi connectivity index (χ2v) is 3.54. The fourth-order valence-corrected chi connectivity index (χ4v) is 1.48. The van der Waals surface area contributed by atoms with Gasteiger partial charge < -0.3 is 4.74 Å². The van der Waals surface area contributed by atoms with Gasteiger partial charge in [-0.25, -0.2) is 4.39 Å². The maximum absolute atomic E-state index is 13.3. The fourth-order valence-electron chi connectivity index (χ4n) is 1.48. The summed E-state index contributed by atoms with van der Waals surface area (Å²) in [6.45, 7) is 0.109. The lowest BCUT2D eigenvalue weighted by Crippen LogP contribution is -2.00. The quantitative estimate of drug-likeness (QED) is 0.754. The van der Waals surface area contributed by atoms with E-state index in [-0.39, 0.29) is 12.4 Å². The number of benzene rings is 2. The van der Waals surface area contributed by atoms with Gasteiger partial charge in [0.25, 0.3) is 0 Å².